The average molecular weight is 262 g/mol. The van der Waals surface area contributed by atoms with Gasteiger partial charge in [0.1, 0.15) is 5.76 Å². The quantitative estimate of drug-likeness (QED) is 0.909. The van der Waals surface area contributed by atoms with Crippen LogP contribution in [0, 0.1) is 13.8 Å². The largest absolute Gasteiger partial charge is 0.436 e. The van der Waals surface area contributed by atoms with E-state index in [2.05, 4.69) is 24.0 Å². The molecule has 0 fully saturated rings. The summed E-state index contributed by atoms with van der Waals surface area (Å²) in [6.45, 7) is 5.97. The van der Waals surface area contributed by atoms with Crippen LogP contribution in [0.2, 0.25) is 0 Å². The molecule has 0 saturated heterocycles. The minimum Gasteiger partial charge on any atom is -0.436 e. The van der Waals surface area contributed by atoms with E-state index >= 15 is 0 Å². The molecule has 0 amide bonds. The number of benzene rings is 1. The number of nitrogens with zero attached hydrogens (tertiary/aromatic N) is 1. The molecule has 18 heavy (non-hydrogen) atoms. The van der Waals surface area contributed by atoms with E-state index in [0.29, 0.717) is 5.22 Å². The molecule has 1 heterocycles. The van der Waals surface area contributed by atoms with E-state index in [0.717, 1.165) is 28.3 Å². The van der Waals surface area contributed by atoms with Gasteiger partial charge in [0.05, 0.1) is 5.69 Å². The molecule has 2 aromatic rings. The molecule has 4 heteroatoms. The Morgan fingerprint density at radius 2 is 2.06 bits per heavy atom. The van der Waals surface area contributed by atoms with Gasteiger partial charge in [0, 0.05) is 10.9 Å². The van der Waals surface area contributed by atoms with Gasteiger partial charge in [-0.3, -0.25) is 0 Å². The summed E-state index contributed by atoms with van der Waals surface area (Å²) in [6, 6.07) is 8.22. The molecule has 0 aliphatic rings. The molecular formula is C14H18N2OS. The van der Waals surface area contributed by atoms with Gasteiger partial charge >= 0.3 is 0 Å². The lowest BCUT2D eigenvalue weighted by atomic mass is 10.1. The predicted molar refractivity (Wildman–Crippen MR) is 73.8 cm³/mol. The van der Waals surface area contributed by atoms with E-state index in [1.165, 1.54) is 11.8 Å². The molecule has 0 saturated carbocycles. The lowest BCUT2D eigenvalue weighted by molar-refractivity contribution is 0.431. The van der Waals surface area contributed by atoms with Gasteiger partial charge in [0.2, 0.25) is 0 Å². The first kappa shape index (κ1) is 13.2. The van der Waals surface area contributed by atoms with Crippen LogP contribution in [0.15, 0.2) is 38.8 Å². The van der Waals surface area contributed by atoms with Crippen molar-refractivity contribution in [1.82, 2.24) is 4.98 Å². The summed E-state index contributed by atoms with van der Waals surface area (Å²) in [7, 11) is 0. The fourth-order valence-corrected chi connectivity index (χ4v) is 2.70. The van der Waals surface area contributed by atoms with E-state index in [-0.39, 0.29) is 6.04 Å². The molecule has 0 aliphatic heterocycles. The SMILES string of the molecule is CCC(N)c1ccccc1Sc1nc(C)c(C)o1. The van der Waals surface area contributed by atoms with Crippen molar-refractivity contribution in [2.24, 2.45) is 5.73 Å². The Balaban J connectivity index is 2.28. The predicted octanol–water partition coefficient (Wildman–Crippen LogP) is 3.85. The highest BCUT2D eigenvalue weighted by Crippen LogP contribution is 2.33. The molecule has 96 valence electrons. The summed E-state index contributed by atoms with van der Waals surface area (Å²) in [4.78, 5) is 5.51. The van der Waals surface area contributed by atoms with Gasteiger partial charge in [-0.05, 0) is 43.7 Å². The van der Waals surface area contributed by atoms with E-state index in [4.69, 9.17) is 10.2 Å². The van der Waals surface area contributed by atoms with E-state index < -0.39 is 0 Å². The third-order valence-electron chi connectivity index (χ3n) is 2.96. The first-order chi connectivity index (χ1) is 8.61. The highest BCUT2D eigenvalue weighted by molar-refractivity contribution is 7.99. The molecule has 0 spiro atoms. The first-order valence-corrected chi connectivity index (χ1v) is 6.89. The fourth-order valence-electron chi connectivity index (χ4n) is 1.68. The van der Waals surface area contributed by atoms with Crippen LogP contribution in [0.3, 0.4) is 0 Å². The summed E-state index contributed by atoms with van der Waals surface area (Å²) >= 11 is 1.54. The van der Waals surface area contributed by atoms with Crippen molar-refractivity contribution < 1.29 is 4.42 Å². The van der Waals surface area contributed by atoms with Gasteiger partial charge in [-0.25, -0.2) is 4.98 Å². The molecule has 1 atom stereocenters. The summed E-state index contributed by atoms with van der Waals surface area (Å²) in [5.74, 6) is 0.870. The van der Waals surface area contributed by atoms with E-state index in [1.54, 1.807) is 0 Å². The van der Waals surface area contributed by atoms with Crippen LogP contribution < -0.4 is 5.73 Å². The Bertz CT molecular complexity index is 517. The second kappa shape index (κ2) is 5.59. The molecule has 1 unspecified atom stereocenters. The molecule has 3 nitrogen and oxygen atoms in total. The van der Waals surface area contributed by atoms with Crippen LogP contribution in [-0.2, 0) is 0 Å². The Morgan fingerprint density at radius 3 is 2.67 bits per heavy atom. The second-order valence-corrected chi connectivity index (χ2v) is 5.27. The van der Waals surface area contributed by atoms with Gasteiger partial charge in [0.25, 0.3) is 5.22 Å². The van der Waals surface area contributed by atoms with Crippen molar-refractivity contribution in [2.75, 3.05) is 0 Å². The first-order valence-electron chi connectivity index (χ1n) is 6.08. The summed E-state index contributed by atoms with van der Waals surface area (Å²) in [6.07, 6.45) is 0.918. The molecular weight excluding hydrogens is 244 g/mol. The van der Waals surface area contributed by atoms with E-state index in [1.807, 2.05) is 26.0 Å². The number of aryl methyl sites for hydroxylation is 2. The number of rotatable bonds is 4. The fraction of sp³-hybridized carbons (Fsp3) is 0.357. The van der Waals surface area contributed by atoms with Crippen LogP contribution in [0.25, 0.3) is 0 Å². The molecule has 2 N–H and O–H groups in total. The van der Waals surface area contributed by atoms with Crippen LogP contribution in [0.4, 0.5) is 0 Å². The highest BCUT2D eigenvalue weighted by atomic mass is 32.2. The van der Waals surface area contributed by atoms with Crippen molar-refractivity contribution in [3.63, 3.8) is 0 Å². The summed E-state index contributed by atoms with van der Waals surface area (Å²) < 4.78 is 5.60. The standard InChI is InChI=1S/C14H18N2OS/c1-4-12(15)11-7-5-6-8-13(11)18-14-16-9(2)10(3)17-14/h5-8,12H,4,15H2,1-3H3. The lowest BCUT2D eigenvalue weighted by Gasteiger charge is -2.12. The minimum atomic E-state index is 0.0610. The maximum atomic E-state index is 6.12. The Kier molecular flexibility index (Phi) is 4.09. The zero-order valence-corrected chi connectivity index (χ0v) is 11.8. The van der Waals surface area contributed by atoms with Crippen molar-refractivity contribution in [2.45, 2.75) is 43.4 Å². The highest BCUT2D eigenvalue weighted by Gasteiger charge is 2.13. The van der Waals surface area contributed by atoms with Crippen LogP contribution in [0.1, 0.15) is 36.4 Å². The number of hydrogen-bond acceptors (Lipinski definition) is 4. The van der Waals surface area contributed by atoms with Gasteiger partial charge in [0.15, 0.2) is 0 Å². The number of oxazole rings is 1. The van der Waals surface area contributed by atoms with Crippen molar-refractivity contribution >= 4 is 11.8 Å². The Labute approximate surface area is 112 Å². The zero-order valence-electron chi connectivity index (χ0n) is 10.9. The third-order valence-corrected chi connectivity index (χ3v) is 3.91. The second-order valence-electron chi connectivity index (χ2n) is 4.28. The molecule has 2 rings (SSSR count). The minimum absolute atomic E-state index is 0.0610. The van der Waals surface area contributed by atoms with E-state index in [9.17, 15) is 0 Å². The van der Waals surface area contributed by atoms with Gasteiger partial charge < -0.3 is 10.2 Å². The normalized spacial score (nSPS) is 12.7. The van der Waals surface area contributed by atoms with Gasteiger partial charge in [-0.1, -0.05) is 25.1 Å². The number of aromatic nitrogens is 1. The lowest BCUT2D eigenvalue weighted by Crippen LogP contribution is -2.09. The van der Waals surface area contributed by atoms with Gasteiger partial charge in [-0.2, -0.15) is 0 Å². The maximum Gasteiger partial charge on any atom is 0.261 e. The topological polar surface area (TPSA) is 52.0 Å². The monoisotopic (exact) mass is 262 g/mol. The molecule has 1 aromatic heterocycles. The van der Waals surface area contributed by atoms with Crippen molar-refractivity contribution in [1.29, 1.82) is 0 Å². The van der Waals surface area contributed by atoms with Crippen LogP contribution in [-0.4, -0.2) is 4.98 Å². The summed E-state index contributed by atoms with van der Waals surface area (Å²) in [5.41, 5.74) is 8.21. The Morgan fingerprint density at radius 1 is 1.33 bits per heavy atom. The number of hydrogen-bond donors (Lipinski definition) is 1. The molecule has 0 bridgehead atoms. The maximum absolute atomic E-state index is 6.12. The van der Waals surface area contributed by atoms with Crippen LogP contribution in [0.5, 0.6) is 0 Å². The Hall–Kier alpha value is -1.26. The molecule has 1 aromatic carbocycles. The number of nitrogens with two attached hydrogens (primary N) is 1. The molecule has 0 aliphatic carbocycles. The molecule has 0 radical (unpaired) electrons. The smallest absolute Gasteiger partial charge is 0.261 e. The van der Waals surface area contributed by atoms with Crippen molar-refractivity contribution in [3.05, 3.63) is 41.3 Å². The van der Waals surface area contributed by atoms with Gasteiger partial charge in [-0.15, -0.1) is 0 Å². The van der Waals surface area contributed by atoms with Crippen LogP contribution >= 0.6 is 11.8 Å². The third kappa shape index (κ3) is 2.76. The zero-order chi connectivity index (χ0) is 13.1. The summed E-state index contributed by atoms with van der Waals surface area (Å²) in [5, 5.41) is 0.681. The van der Waals surface area contributed by atoms with Crippen molar-refractivity contribution in [3.8, 4) is 0 Å². The average Bonchev–Trinajstić information content (AvgIpc) is 2.68.